The molecule has 0 aromatic heterocycles. The first-order chi connectivity index (χ1) is 14.8. The Bertz CT molecular complexity index is 847. The van der Waals surface area contributed by atoms with Gasteiger partial charge >= 0.3 is 0 Å². The minimum Gasteiger partial charge on any atom is -0.379 e. The Kier molecular flexibility index (Phi) is 8.38. The van der Waals surface area contributed by atoms with Gasteiger partial charge < -0.3 is 15.0 Å². The lowest BCUT2D eigenvalue weighted by Crippen LogP contribution is -2.53. The summed E-state index contributed by atoms with van der Waals surface area (Å²) in [6, 6.07) is 6.32. The minimum absolute atomic E-state index is 0.0609. The lowest BCUT2D eigenvalue weighted by molar-refractivity contribution is -0.135. The number of amides is 2. The van der Waals surface area contributed by atoms with Gasteiger partial charge in [0.2, 0.25) is 21.8 Å². The summed E-state index contributed by atoms with van der Waals surface area (Å²) in [5, 5.41) is 7.97. The normalized spacial score (nSPS) is 18.7. The van der Waals surface area contributed by atoms with Crippen LogP contribution in [0.1, 0.15) is 5.56 Å². The van der Waals surface area contributed by atoms with Crippen molar-refractivity contribution in [2.75, 3.05) is 72.1 Å². The molecular weight excluding hydrogens is 422 g/mol. The van der Waals surface area contributed by atoms with Crippen LogP contribution < -0.4 is 10.5 Å². The molecule has 1 aromatic rings. The number of primary sulfonamides is 1. The third-order valence-electron chi connectivity index (χ3n) is 5.54. The average molecular weight is 454 g/mol. The maximum absolute atomic E-state index is 12.5. The topological polar surface area (TPSA) is 125 Å². The lowest BCUT2D eigenvalue weighted by atomic mass is 10.1. The lowest BCUT2D eigenvalue weighted by Gasteiger charge is -2.36. The van der Waals surface area contributed by atoms with Gasteiger partial charge in [0.1, 0.15) is 0 Å². The molecule has 0 saturated carbocycles. The third kappa shape index (κ3) is 7.54. The average Bonchev–Trinajstić information content (AvgIpc) is 2.75. The van der Waals surface area contributed by atoms with Crippen molar-refractivity contribution >= 4 is 21.8 Å². The standard InChI is InChI=1S/C20H31N5O5S/c21-31(28,29)18-3-1-17(2-4-18)5-6-22-19(26)15-23-7-9-25(10-8-23)20(27)16-24-11-13-30-14-12-24/h1-4H,5-16H2,(H,22,26)(H2,21,28,29). The van der Waals surface area contributed by atoms with Crippen molar-refractivity contribution < 1.29 is 22.7 Å². The van der Waals surface area contributed by atoms with E-state index in [1.54, 1.807) is 12.1 Å². The molecule has 0 spiro atoms. The predicted octanol–water partition coefficient (Wildman–Crippen LogP) is -1.53. The zero-order valence-corrected chi connectivity index (χ0v) is 18.5. The molecule has 0 unspecified atom stereocenters. The summed E-state index contributed by atoms with van der Waals surface area (Å²) in [5.41, 5.74) is 0.917. The quantitative estimate of drug-likeness (QED) is 0.489. The molecule has 3 N–H and O–H groups in total. The van der Waals surface area contributed by atoms with Gasteiger partial charge in [0, 0.05) is 45.8 Å². The number of rotatable bonds is 8. The van der Waals surface area contributed by atoms with Gasteiger partial charge in [-0.1, -0.05) is 12.1 Å². The van der Waals surface area contributed by atoms with Crippen molar-refractivity contribution in [1.82, 2.24) is 20.0 Å². The number of benzene rings is 1. The molecule has 3 rings (SSSR count). The van der Waals surface area contributed by atoms with Crippen LogP contribution in [0, 0.1) is 0 Å². The summed E-state index contributed by atoms with van der Waals surface area (Å²) >= 11 is 0. The van der Waals surface area contributed by atoms with Crippen molar-refractivity contribution in [3.63, 3.8) is 0 Å². The van der Waals surface area contributed by atoms with Crippen LogP contribution in [0.15, 0.2) is 29.2 Å². The van der Waals surface area contributed by atoms with Gasteiger partial charge in [0.25, 0.3) is 0 Å². The molecule has 0 atom stereocenters. The van der Waals surface area contributed by atoms with Crippen LogP contribution in [0.25, 0.3) is 0 Å². The number of hydrogen-bond acceptors (Lipinski definition) is 7. The predicted molar refractivity (Wildman–Crippen MR) is 115 cm³/mol. The molecule has 10 nitrogen and oxygen atoms in total. The van der Waals surface area contributed by atoms with Gasteiger partial charge in [-0.25, -0.2) is 13.6 Å². The molecule has 0 aliphatic carbocycles. The molecule has 0 radical (unpaired) electrons. The van der Waals surface area contributed by atoms with Gasteiger partial charge in [0.05, 0.1) is 31.2 Å². The number of morpholine rings is 1. The fourth-order valence-electron chi connectivity index (χ4n) is 3.66. The van der Waals surface area contributed by atoms with Gasteiger partial charge in [0.15, 0.2) is 0 Å². The highest BCUT2D eigenvalue weighted by Gasteiger charge is 2.24. The van der Waals surface area contributed by atoms with Crippen LogP contribution in [-0.2, 0) is 30.8 Å². The largest absolute Gasteiger partial charge is 0.379 e. The van der Waals surface area contributed by atoms with E-state index < -0.39 is 10.0 Å². The molecule has 11 heteroatoms. The Morgan fingerprint density at radius 1 is 0.935 bits per heavy atom. The van der Waals surface area contributed by atoms with E-state index >= 15 is 0 Å². The first-order valence-electron chi connectivity index (χ1n) is 10.5. The number of hydrogen-bond donors (Lipinski definition) is 2. The zero-order chi connectivity index (χ0) is 22.3. The van der Waals surface area contributed by atoms with Crippen molar-refractivity contribution in [2.24, 2.45) is 5.14 Å². The summed E-state index contributed by atoms with van der Waals surface area (Å²) in [6.45, 7) is 6.76. The number of piperazine rings is 1. The molecule has 31 heavy (non-hydrogen) atoms. The fraction of sp³-hybridized carbons (Fsp3) is 0.600. The number of carbonyl (C=O) groups is 2. The number of nitrogens with one attached hydrogen (secondary N) is 1. The first-order valence-corrected chi connectivity index (χ1v) is 12.0. The molecule has 2 aliphatic heterocycles. The van der Waals surface area contributed by atoms with Crippen LogP contribution in [0.4, 0.5) is 0 Å². The van der Waals surface area contributed by atoms with E-state index in [1.807, 2.05) is 4.90 Å². The van der Waals surface area contributed by atoms with Crippen molar-refractivity contribution in [1.29, 1.82) is 0 Å². The van der Waals surface area contributed by atoms with Crippen LogP contribution in [0.3, 0.4) is 0 Å². The fourth-order valence-corrected chi connectivity index (χ4v) is 4.17. The van der Waals surface area contributed by atoms with E-state index in [4.69, 9.17) is 9.88 Å². The number of nitrogens with zero attached hydrogens (tertiary/aromatic N) is 3. The Morgan fingerprint density at radius 2 is 1.55 bits per heavy atom. The van der Waals surface area contributed by atoms with Gasteiger partial charge in [-0.05, 0) is 24.1 Å². The van der Waals surface area contributed by atoms with Crippen LogP contribution in [0.5, 0.6) is 0 Å². The van der Waals surface area contributed by atoms with E-state index in [9.17, 15) is 18.0 Å². The van der Waals surface area contributed by atoms with E-state index in [1.165, 1.54) is 12.1 Å². The monoisotopic (exact) mass is 453 g/mol. The Labute approximate surface area is 183 Å². The second kappa shape index (κ2) is 11.0. The smallest absolute Gasteiger partial charge is 0.238 e. The molecule has 172 valence electrons. The molecule has 2 amide bonds. The second-order valence-corrected chi connectivity index (χ2v) is 9.40. The van der Waals surface area contributed by atoms with Gasteiger partial charge in [-0.15, -0.1) is 0 Å². The number of ether oxygens (including phenoxy) is 1. The first kappa shape index (κ1) is 23.6. The van der Waals surface area contributed by atoms with Gasteiger partial charge in [-0.3, -0.25) is 19.4 Å². The van der Waals surface area contributed by atoms with Crippen molar-refractivity contribution in [3.05, 3.63) is 29.8 Å². The summed E-state index contributed by atoms with van der Waals surface area (Å²) in [5.74, 6) is 0.0775. The van der Waals surface area contributed by atoms with E-state index in [-0.39, 0.29) is 16.7 Å². The highest BCUT2D eigenvalue weighted by atomic mass is 32.2. The molecule has 1 aromatic carbocycles. The second-order valence-electron chi connectivity index (χ2n) is 7.83. The van der Waals surface area contributed by atoms with Gasteiger partial charge in [-0.2, -0.15) is 0 Å². The number of sulfonamides is 1. The Balaban J connectivity index is 1.32. The highest BCUT2D eigenvalue weighted by Crippen LogP contribution is 2.09. The summed E-state index contributed by atoms with van der Waals surface area (Å²) < 4.78 is 27.9. The summed E-state index contributed by atoms with van der Waals surface area (Å²) in [7, 11) is -3.69. The maximum atomic E-state index is 12.5. The maximum Gasteiger partial charge on any atom is 0.238 e. The van der Waals surface area contributed by atoms with Crippen molar-refractivity contribution in [2.45, 2.75) is 11.3 Å². The minimum atomic E-state index is -3.69. The summed E-state index contributed by atoms with van der Waals surface area (Å²) in [4.78, 5) is 30.8. The van der Waals surface area contributed by atoms with E-state index in [2.05, 4.69) is 15.1 Å². The molecule has 2 heterocycles. The molecular formula is C20H31N5O5S. The number of nitrogens with two attached hydrogens (primary N) is 1. The third-order valence-corrected chi connectivity index (χ3v) is 6.47. The van der Waals surface area contributed by atoms with E-state index in [0.29, 0.717) is 65.4 Å². The molecule has 2 fully saturated rings. The van der Waals surface area contributed by atoms with Crippen molar-refractivity contribution in [3.8, 4) is 0 Å². The van der Waals surface area contributed by atoms with Crippen LogP contribution in [0.2, 0.25) is 0 Å². The molecule has 0 bridgehead atoms. The van der Waals surface area contributed by atoms with E-state index in [0.717, 1.165) is 18.7 Å². The molecule has 2 aliphatic rings. The Morgan fingerprint density at radius 3 is 2.16 bits per heavy atom. The summed E-state index contributed by atoms with van der Waals surface area (Å²) in [6.07, 6.45) is 0.598. The SMILES string of the molecule is NS(=O)(=O)c1ccc(CCNC(=O)CN2CCN(C(=O)CN3CCOCC3)CC2)cc1. The zero-order valence-electron chi connectivity index (χ0n) is 17.7. The number of carbonyl (C=O) groups excluding carboxylic acids is 2. The van der Waals surface area contributed by atoms with Crippen LogP contribution in [-0.4, -0.2) is 107 Å². The molecule has 2 saturated heterocycles. The Hall–Kier alpha value is -2.05. The van der Waals surface area contributed by atoms with Crippen LogP contribution >= 0.6 is 0 Å². The highest BCUT2D eigenvalue weighted by molar-refractivity contribution is 7.89.